The van der Waals surface area contributed by atoms with E-state index in [-0.39, 0.29) is 0 Å². The van der Waals surface area contributed by atoms with Crippen molar-refractivity contribution in [3.8, 4) is 0 Å². The van der Waals surface area contributed by atoms with Crippen LogP contribution in [0.1, 0.15) is 25.7 Å². The average molecular weight is 174 g/mol. The Balaban J connectivity index is 2.24. The van der Waals surface area contributed by atoms with Crippen molar-refractivity contribution in [2.75, 3.05) is 0 Å². The van der Waals surface area contributed by atoms with Crippen molar-refractivity contribution in [2.24, 2.45) is 5.92 Å². The number of hydrogen-bond acceptors (Lipinski definition) is 0. The summed E-state index contributed by atoms with van der Waals surface area (Å²) in [4.78, 5) is 0. The predicted octanol–water partition coefficient (Wildman–Crippen LogP) is 4.03. The zero-order valence-electron chi connectivity index (χ0n) is 8.26. The smallest absolute Gasteiger partial charge is 0.0276 e. The Labute approximate surface area is 81.4 Å². The fraction of sp³-hybridized carbons (Fsp3) is 0.385. The Bertz CT molecular complexity index is 235. The van der Waals surface area contributed by atoms with E-state index in [0.29, 0.717) is 0 Å². The summed E-state index contributed by atoms with van der Waals surface area (Å²) in [6, 6.07) is 0. The molecule has 0 aliphatic heterocycles. The molecule has 1 saturated carbocycles. The molecule has 1 rings (SSSR count). The van der Waals surface area contributed by atoms with Gasteiger partial charge in [0.1, 0.15) is 0 Å². The maximum absolute atomic E-state index is 3.94. The van der Waals surface area contributed by atoms with E-state index < -0.39 is 0 Å². The molecule has 0 unspecified atom stereocenters. The Morgan fingerprint density at radius 1 is 1.38 bits per heavy atom. The van der Waals surface area contributed by atoms with Crippen LogP contribution in [0.3, 0.4) is 0 Å². The van der Waals surface area contributed by atoms with Crippen LogP contribution >= 0.6 is 0 Å². The van der Waals surface area contributed by atoms with Gasteiger partial charge in [-0.05, 0) is 37.2 Å². The number of allylic oxidation sites excluding steroid dienone is 5. The Kier molecular flexibility index (Phi) is 3.75. The van der Waals surface area contributed by atoms with Gasteiger partial charge < -0.3 is 0 Å². The van der Waals surface area contributed by atoms with Crippen LogP contribution in [0.25, 0.3) is 0 Å². The third kappa shape index (κ3) is 3.06. The van der Waals surface area contributed by atoms with E-state index >= 15 is 0 Å². The summed E-state index contributed by atoms with van der Waals surface area (Å²) >= 11 is 0. The van der Waals surface area contributed by atoms with Crippen LogP contribution in [0, 0.1) is 5.92 Å². The molecule has 0 saturated heterocycles. The highest BCUT2D eigenvalue weighted by Crippen LogP contribution is 2.35. The third-order valence-electron chi connectivity index (χ3n) is 2.59. The summed E-state index contributed by atoms with van der Waals surface area (Å²) in [5, 5.41) is 0. The summed E-state index contributed by atoms with van der Waals surface area (Å²) in [7, 11) is 0. The number of rotatable bonds is 5. The van der Waals surface area contributed by atoms with Gasteiger partial charge in [-0.25, -0.2) is 0 Å². The van der Waals surface area contributed by atoms with Crippen molar-refractivity contribution in [2.45, 2.75) is 25.7 Å². The van der Waals surface area contributed by atoms with Crippen molar-refractivity contribution < 1.29 is 0 Å². The van der Waals surface area contributed by atoms with E-state index in [9.17, 15) is 0 Å². The van der Waals surface area contributed by atoms with E-state index in [2.05, 4.69) is 19.7 Å². The quantitative estimate of drug-likeness (QED) is 0.436. The lowest BCUT2D eigenvalue weighted by molar-refractivity contribution is 0.391. The van der Waals surface area contributed by atoms with Gasteiger partial charge in [0.25, 0.3) is 0 Å². The monoisotopic (exact) mass is 174 g/mol. The minimum Gasteiger partial charge on any atom is -0.0998 e. The van der Waals surface area contributed by atoms with Crippen molar-refractivity contribution in [3.05, 3.63) is 49.1 Å². The SMILES string of the molecule is C=C/C=C(\C=C)CCC1CC(=C)C1. The zero-order chi connectivity index (χ0) is 9.68. The molecule has 0 aromatic carbocycles. The van der Waals surface area contributed by atoms with Crippen molar-refractivity contribution in [3.63, 3.8) is 0 Å². The van der Waals surface area contributed by atoms with Gasteiger partial charge >= 0.3 is 0 Å². The van der Waals surface area contributed by atoms with Gasteiger partial charge in [-0.1, -0.05) is 43.5 Å². The molecule has 0 heteroatoms. The van der Waals surface area contributed by atoms with E-state index in [0.717, 1.165) is 12.3 Å². The van der Waals surface area contributed by atoms with Gasteiger partial charge in [0, 0.05) is 0 Å². The van der Waals surface area contributed by atoms with Gasteiger partial charge in [-0.2, -0.15) is 0 Å². The molecule has 70 valence electrons. The van der Waals surface area contributed by atoms with Crippen LogP contribution in [0.4, 0.5) is 0 Å². The van der Waals surface area contributed by atoms with E-state index in [1.165, 1.54) is 30.4 Å². The molecule has 0 atom stereocenters. The lowest BCUT2D eigenvalue weighted by atomic mass is 9.78. The first-order chi connectivity index (χ1) is 6.26. The van der Waals surface area contributed by atoms with Gasteiger partial charge in [-0.15, -0.1) is 0 Å². The third-order valence-corrected chi connectivity index (χ3v) is 2.59. The summed E-state index contributed by atoms with van der Waals surface area (Å²) in [6.45, 7) is 11.4. The molecule has 0 radical (unpaired) electrons. The standard InChI is InChI=1S/C13H18/c1-4-6-12(5-2)7-8-13-9-11(3)10-13/h4-6,13H,1-3,7-10H2/b12-6+. The van der Waals surface area contributed by atoms with Crippen LogP contribution in [-0.2, 0) is 0 Å². The molecule has 1 aliphatic carbocycles. The van der Waals surface area contributed by atoms with E-state index in [1.54, 1.807) is 0 Å². The van der Waals surface area contributed by atoms with Gasteiger partial charge in [0.2, 0.25) is 0 Å². The van der Waals surface area contributed by atoms with Crippen LogP contribution in [0.15, 0.2) is 49.1 Å². The summed E-state index contributed by atoms with van der Waals surface area (Å²) < 4.78 is 0. The average Bonchev–Trinajstić information content (AvgIpc) is 2.08. The first-order valence-corrected chi connectivity index (χ1v) is 4.87. The maximum Gasteiger partial charge on any atom is -0.0276 e. The van der Waals surface area contributed by atoms with Crippen LogP contribution in [0.2, 0.25) is 0 Å². The molecular formula is C13H18. The van der Waals surface area contributed by atoms with E-state index in [4.69, 9.17) is 0 Å². The van der Waals surface area contributed by atoms with Crippen LogP contribution < -0.4 is 0 Å². The fourth-order valence-electron chi connectivity index (χ4n) is 1.74. The lowest BCUT2D eigenvalue weighted by Crippen LogP contribution is -2.13. The molecule has 0 nitrogen and oxygen atoms in total. The molecule has 0 bridgehead atoms. The molecule has 1 aliphatic rings. The molecule has 0 aromatic heterocycles. The van der Waals surface area contributed by atoms with Crippen LogP contribution in [0.5, 0.6) is 0 Å². The summed E-state index contributed by atoms with van der Waals surface area (Å²) in [5.74, 6) is 0.876. The molecule has 0 amide bonds. The molecule has 0 N–H and O–H groups in total. The summed E-state index contributed by atoms with van der Waals surface area (Å²) in [5.41, 5.74) is 2.71. The fourth-order valence-corrected chi connectivity index (χ4v) is 1.74. The van der Waals surface area contributed by atoms with Crippen LogP contribution in [-0.4, -0.2) is 0 Å². The van der Waals surface area contributed by atoms with Crippen molar-refractivity contribution in [1.82, 2.24) is 0 Å². The second-order valence-corrected chi connectivity index (χ2v) is 3.74. The number of hydrogen-bond donors (Lipinski definition) is 0. The minimum absolute atomic E-state index is 0.876. The molecular weight excluding hydrogens is 156 g/mol. The molecule has 0 spiro atoms. The topological polar surface area (TPSA) is 0 Å². The van der Waals surface area contributed by atoms with Gasteiger partial charge in [0.05, 0.1) is 0 Å². The molecule has 0 aromatic rings. The Morgan fingerprint density at radius 3 is 2.54 bits per heavy atom. The first-order valence-electron chi connectivity index (χ1n) is 4.87. The predicted molar refractivity (Wildman–Crippen MR) is 59.6 cm³/mol. The Morgan fingerprint density at radius 2 is 2.08 bits per heavy atom. The van der Waals surface area contributed by atoms with E-state index in [1.807, 2.05) is 18.2 Å². The minimum atomic E-state index is 0.876. The first kappa shape index (κ1) is 10.0. The molecule has 13 heavy (non-hydrogen) atoms. The van der Waals surface area contributed by atoms with Crippen molar-refractivity contribution >= 4 is 0 Å². The highest BCUT2D eigenvalue weighted by Gasteiger charge is 2.20. The summed E-state index contributed by atoms with van der Waals surface area (Å²) in [6.07, 6.45) is 10.7. The highest BCUT2D eigenvalue weighted by atomic mass is 14.3. The lowest BCUT2D eigenvalue weighted by Gasteiger charge is -2.28. The van der Waals surface area contributed by atoms with Gasteiger partial charge in [-0.3, -0.25) is 0 Å². The van der Waals surface area contributed by atoms with Crippen molar-refractivity contribution in [1.29, 1.82) is 0 Å². The molecule has 1 fully saturated rings. The largest absolute Gasteiger partial charge is 0.0998 e. The molecule has 0 heterocycles. The Hall–Kier alpha value is -1.04. The maximum atomic E-state index is 3.94. The second-order valence-electron chi connectivity index (χ2n) is 3.74. The van der Waals surface area contributed by atoms with Gasteiger partial charge in [0.15, 0.2) is 0 Å². The second kappa shape index (κ2) is 4.86. The zero-order valence-corrected chi connectivity index (χ0v) is 8.26. The highest BCUT2D eigenvalue weighted by molar-refractivity contribution is 5.21. The normalized spacial score (nSPS) is 18.2.